The molecule has 2 aromatic carbocycles. The fourth-order valence-corrected chi connectivity index (χ4v) is 3.84. The van der Waals surface area contributed by atoms with Crippen LogP contribution in [0.2, 0.25) is 0 Å². The summed E-state index contributed by atoms with van der Waals surface area (Å²) in [4.78, 5) is 25.0. The number of amides is 2. The van der Waals surface area contributed by atoms with Crippen LogP contribution in [0.1, 0.15) is 49.3 Å². The van der Waals surface area contributed by atoms with Crippen LogP contribution in [0.4, 0.5) is 5.69 Å². The zero-order chi connectivity index (χ0) is 19.9. The van der Waals surface area contributed by atoms with E-state index in [0.29, 0.717) is 6.54 Å². The third kappa shape index (κ3) is 5.44. The van der Waals surface area contributed by atoms with Crippen molar-refractivity contribution in [2.45, 2.75) is 52.5 Å². The Bertz CT molecular complexity index is 806. The van der Waals surface area contributed by atoms with Crippen LogP contribution in [-0.2, 0) is 22.6 Å². The first-order valence-corrected chi connectivity index (χ1v) is 10.3. The molecule has 0 aromatic heterocycles. The number of benzene rings is 2. The second-order valence-electron chi connectivity index (χ2n) is 7.80. The molecule has 1 aliphatic rings. The molecular formula is C24H30N2O2. The van der Waals surface area contributed by atoms with Crippen LogP contribution < -0.4 is 10.6 Å². The molecular weight excluding hydrogens is 348 g/mol. The minimum absolute atomic E-state index is 0.00771. The molecule has 148 valence electrons. The van der Waals surface area contributed by atoms with E-state index in [1.165, 1.54) is 11.1 Å². The van der Waals surface area contributed by atoms with E-state index in [9.17, 15) is 9.59 Å². The van der Waals surface area contributed by atoms with E-state index in [4.69, 9.17) is 0 Å². The highest BCUT2D eigenvalue weighted by Crippen LogP contribution is 2.30. The number of carbonyl (C=O) groups is 2. The second-order valence-corrected chi connectivity index (χ2v) is 7.80. The van der Waals surface area contributed by atoms with E-state index in [-0.39, 0.29) is 23.7 Å². The normalized spacial score (nSPS) is 19.1. The average molecular weight is 379 g/mol. The lowest BCUT2D eigenvalue weighted by Crippen LogP contribution is -2.35. The molecule has 3 rings (SSSR count). The molecule has 0 aliphatic heterocycles. The Hall–Kier alpha value is -2.62. The predicted octanol–water partition coefficient (Wildman–Crippen LogP) is 4.62. The first-order valence-electron chi connectivity index (χ1n) is 10.3. The number of hydrogen-bond acceptors (Lipinski definition) is 2. The van der Waals surface area contributed by atoms with Gasteiger partial charge in [0.1, 0.15) is 0 Å². The van der Waals surface area contributed by atoms with Gasteiger partial charge in [-0.1, -0.05) is 48.9 Å². The monoisotopic (exact) mass is 378 g/mol. The van der Waals surface area contributed by atoms with Gasteiger partial charge in [0.05, 0.1) is 0 Å². The zero-order valence-corrected chi connectivity index (χ0v) is 16.8. The minimum Gasteiger partial charge on any atom is -0.352 e. The number of carbonyl (C=O) groups excluding carboxylic acids is 2. The summed E-state index contributed by atoms with van der Waals surface area (Å²) in [5, 5.41) is 6.07. The van der Waals surface area contributed by atoms with E-state index >= 15 is 0 Å². The van der Waals surface area contributed by atoms with E-state index in [0.717, 1.165) is 43.4 Å². The van der Waals surface area contributed by atoms with Gasteiger partial charge >= 0.3 is 0 Å². The number of rotatable bonds is 6. The van der Waals surface area contributed by atoms with Gasteiger partial charge in [-0.25, -0.2) is 0 Å². The van der Waals surface area contributed by atoms with Crippen molar-refractivity contribution < 1.29 is 9.59 Å². The van der Waals surface area contributed by atoms with Crippen LogP contribution in [0.3, 0.4) is 0 Å². The van der Waals surface area contributed by atoms with Crippen LogP contribution in [0.25, 0.3) is 0 Å². The van der Waals surface area contributed by atoms with Gasteiger partial charge in [-0.2, -0.15) is 0 Å². The number of nitrogens with one attached hydrogen (secondary N) is 2. The Kier molecular flexibility index (Phi) is 6.85. The Balaban J connectivity index is 1.44. The lowest BCUT2D eigenvalue weighted by atomic mass is 9.81. The molecule has 0 radical (unpaired) electrons. The molecule has 0 spiro atoms. The average Bonchev–Trinajstić information content (AvgIpc) is 2.72. The molecule has 2 N–H and O–H groups in total. The summed E-state index contributed by atoms with van der Waals surface area (Å²) in [6.07, 6.45) is 4.06. The van der Waals surface area contributed by atoms with Crippen molar-refractivity contribution in [1.82, 2.24) is 5.32 Å². The smallest absolute Gasteiger partial charge is 0.227 e. The quantitative estimate of drug-likeness (QED) is 0.771. The van der Waals surface area contributed by atoms with Gasteiger partial charge in [0, 0.05) is 24.1 Å². The summed E-state index contributed by atoms with van der Waals surface area (Å²) in [6.45, 7) is 4.73. The lowest BCUT2D eigenvalue weighted by Gasteiger charge is -2.27. The molecule has 28 heavy (non-hydrogen) atoms. The van der Waals surface area contributed by atoms with Crippen molar-refractivity contribution in [2.75, 3.05) is 5.32 Å². The van der Waals surface area contributed by atoms with Gasteiger partial charge < -0.3 is 10.6 Å². The first kappa shape index (κ1) is 20.1. The summed E-state index contributed by atoms with van der Waals surface area (Å²) < 4.78 is 0. The van der Waals surface area contributed by atoms with Crippen molar-refractivity contribution >= 4 is 17.5 Å². The largest absolute Gasteiger partial charge is 0.352 e. The zero-order valence-electron chi connectivity index (χ0n) is 16.8. The Morgan fingerprint density at radius 1 is 0.893 bits per heavy atom. The number of aryl methyl sites for hydroxylation is 2. The van der Waals surface area contributed by atoms with Gasteiger partial charge in [-0.15, -0.1) is 0 Å². The maximum atomic E-state index is 12.5. The molecule has 0 heterocycles. The van der Waals surface area contributed by atoms with Crippen LogP contribution in [-0.4, -0.2) is 11.8 Å². The van der Waals surface area contributed by atoms with E-state index < -0.39 is 0 Å². The van der Waals surface area contributed by atoms with Gasteiger partial charge in [0.15, 0.2) is 0 Å². The molecule has 0 atom stereocenters. The van der Waals surface area contributed by atoms with Crippen molar-refractivity contribution in [1.29, 1.82) is 0 Å². The highest BCUT2D eigenvalue weighted by molar-refractivity contribution is 5.92. The fourth-order valence-electron chi connectivity index (χ4n) is 3.84. The molecule has 0 bridgehead atoms. The first-order chi connectivity index (χ1) is 13.5. The Labute approximate surface area is 167 Å². The fraction of sp³-hybridized carbons (Fsp3) is 0.417. The highest BCUT2D eigenvalue weighted by atomic mass is 16.2. The maximum Gasteiger partial charge on any atom is 0.227 e. The van der Waals surface area contributed by atoms with Crippen molar-refractivity contribution in [3.63, 3.8) is 0 Å². The van der Waals surface area contributed by atoms with Crippen LogP contribution in [0, 0.1) is 18.8 Å². The maximum absolute atomic E-state index is 12.5. The topological polar surface area (TPSA) is 58.2 Å². The third-order valence-corrected chi connectivity index (χ3v) is 5.65. The Morgan fingerprint density at radius 3 is 2.14 bits per heavy atom. The molecule has 4 nitrogen and oxygen atoms in total. The third-order valence-electron chi connectivity index (χ3n) is 5.65. The predicted molar refractivity (Wildman–Crippen MR) is 113 cm³/mol. The molecule has 1 aliphatic carbocycles. The van der Waals surface area contributed by atoms with Crippen LogP contribution in [0.15, 0.2) is 48.5 Å². The van der Waals surface area contributed by atoms with E-state index in [2.05, 4.69) is 36.6 Å². The van der Waals surface area contributed by atoms with Crippen LogP contribution >= 0.6 is 0 Å². The molecule has 4 heteroatoms. The number of hydrogen-bond donors (Lipinski definition) is 2. The highest BCUT2D eigenvalue weighted by Gasteiger charge is 2.29. The number of anilines is 1. The summed E-state index contributed by atoms with van der Waals surface area (Å²) >= 11 is 0. The lowest BCUT2D eigenvalue weighted by molar-refractivity contribution is -0.128. The molecule has 2 aromatic rings. The summed E-state index contributed by atoms with van der Waals surface area (Å²) in [5.74, 6) is 0.183. The molecule has 1 saturated carbocycles. The SMILES string of the molecule is CCc1ccc(NC(=O)C2CCC(C(=O)NCc3cccc(C)c3)CC2)cc1. The Morgan fingerprint density at radius 2 is 1.54 bits per heavy atom. The summed E-state index contributed by atoms with van der Waals surface area (Å²) in [5.41, 5.74) is 4.42. The molecule has 0 unspecified atom stereocenters. The van der Waals surface area contributed by atoms with Crippen molar-refractivity contribution in [2.24, 2.45) is 11.8 Å². The standard InChI is InChI=1S/C24H30N2O2/c1-3-18-7-13-22(14-8-18)26-24(28)21-11-9-20(10-12-21)23(27)25-16-19-6-4-5-17(2)15-19/h4-8,13-15,20-21H,3,9-12,16H2,1-2H3,(H,25,27)(H,26,28). The van der Waals surface area contributed by atoms with Gasteiger partial charge in [-0.3, -0.25) is 9.59 Å². The van der Waals surface area contributed by atoms with E-state index in [1.54, 1.807) is 0 Å². The van der Waals surface area contributed by atoms with Crippen LogP contribution in [0.5, 0.6) is 0 Å². The van der Waals surface area contributed by atoms with Gasteiger partial charge in [-0.05, 0) is 62.3 Å². The van der Waals surface area contributed by atoms with Gasteiger partial charge in [0.25, 0.3) is 0 Å². The second kappa shape index (κ2) is 9.54. The molecule has 2 amide bonds. The van der Waals surface area contributed by atoms with E-state index in [1.807, 2.05) is 36.4 Å². The summed E-state index contributed by atoms with van der Waals surface area (Å²) in [6, 6.07) is 16.2. The summed E-state index contributed by atoms with van der Waals surface area (Å²) in [7, 11) is 0. The molecule has 0 saturated heterocycles. The van der Waals surface area contributed by atoms with Crippen molar-refractivity contribution in [3.05, 3.63) is 65.2 Å². The van der Waals surface area contributed by atoms with Gasteiger partial charge in [0.2, 0.25) is 11.8 Å². The van der Waals surface area contributed by atoms with Crippen molar-refractivity contribution in [3.8, 4) is 0 Å². The minimum atomic E-state index is -0.00771. The molecule has 1 fully saturated rings.